The number of fused-ring (bicyclic) bond motifs is 1. The SMILES string of the molecule is COc1ccc(C(=O)C[C@@]2(O)C(=O)N(CCCc3ccccc3)c3ccccc32)cc1[N+](=O)[O-]. The number of ketones is 1. The zero-order valence-corrected chi connectivity index (χ0v) is 18.6. The number of ether oxygens (including phenoxy) is 1. The number of methoxy groups -OCH3 is 1. The molecule has 0 unspecified atom stereocenters. The number of aryl methyl sites for hydroxylation is 1. The monoisotopic (exact) mass is 460 g/mol. The third kappa shape index (κ3) is 4.27. The molecule has 0 fully saturated rings. The van der Waals surface area contributed by atoms with Crippen LogP contribution in [0.1, 0.15) is 34.3 Å². The van der Waals surface area contributed by atoms with E-state index < -0.39 is 28.6 Å². The Labute approximate surface area is 196 Å². The van der Waals surface area contributed by atoms with Crippen LogP contribution >= 0.6 is 0 Å². The fourth-order valence-corrected chi connectivity index (χ4v) is 4.33. The standard InChI is InChI=1S/C26H24N2O6/c1-34-24-14-13-19(16-22(24)28(32)33)23(29)17-26(31)20-11-5-6-12-21(20)27(25(26)30)15-7-10-18-8-3-2-4-9-18/h2-6,8-9,11-14,16,31H,7,10,15,17H2,1H3/t26-/m0/s1. The molecule has 0 aliphatic carbocycles. The molecule has 3 aromatic rings. The third-order valence-electron chi connectivity index (χ3n) is 6.04. The van der Waals surface area contributed by atoms with Crippen molar-refractivity contribution >= 4 is 23.1 Å². The second kappa shape index (κ2) is 9.44. The van der Waals surface area contributed by atoms with E-state index in [4.69, 9.17) is 4.74 Å². The number of rotatable bonds is 9. The van der Waals surface area contributed by atoms with Crippen LogP contribution in [0.25, 0.3) is 0 Å². The van der Waals surface area contributed by atoms with Crippen molar-refractivity contribution in [2.45, 2.75) is 24.9 Å². The highest BCUT2D eigenvalue weighted by molar-refractivity contribution is 6.10. The van der Waals surface area contributed by atoms with Gasteiger partial charge in [-0.25, -0.2) is 0 Å². The number of hydrogen-bond acceptors (Lipinski definition) is 6. The number of nitro benzene ring substituents is 1. The smallest absolute Gasteiger partial charge is 0.311 e. The van der Waals surface area contributed by atoms with Gasteiger partial charge in [0.05, 0.1) is 24.1 Å². The van der Waals surface area contributed by atoms with Crippen LogP contribution in [0, 0.1) is 10.1 Å². The maximum Gasteiger partial charge on any atom is 0.311 e. The van der Waals surface area contributed by atoms with Gasteiger partial charge in [-0.1, -0.05) is 48.5 Å². The summed E-state index contributed by atoms with van der Waals surface area (Å²) in [5.41, 5.74) is -0.314. The molecule has 1 aliphatic rings. The van der Waals surface area contributed by atoms with Gasteiger partial charge in [0.25, 0.3) is 5.91 Å². The Morgan fingerprint density at radius 1 is 1.09 bits per heavy atom. The summed E-state index contributed by atoms with van der Waals surface area (Å²) in [4.78, 5) is 38.6. The van der Waals surface area contributed by atoms with E-state index in [1.165, 1.54) is 24.1 Å². The van der Waals surface area contributed by atoms with Crippen LogP contribution in [0.15, 0.2) is 72.8 Å². The summed E-state index contributed by atoms with van der Waals surface area (Å²) < 4.78 is 4.98. The van der Waals surface area contributed by atoms with Gasteiger partial charge in [-0.15, -0.1) is 0 Å². The lowest BCUT2D eigenvalue weighted by Crippen LogP contribution is -2.42. The summed E-state index contributed by atoms with van der Waals surface area (Å²) in [6, 6.07) is 20.6. The number of nitro groups is 1. The number of benzene rings is 3. The zero-order valence-electron chi connectivity index (χ0n) is 18.6. The van der Waals surface area contributed by atoms with E-state index in [1.54, 1.807) is 24.3 Å². The van der Waals surface area contributed by atoms with Crippen molar-refractivity contribution in [2.24, 2.45) is 0 Å². The molecular weight excluding hydrogens is 436 g/mol. The molecule has 0 saturated heterocycles. The van der Waals surface area contributed by atoms with Crippen molar-refractivity contribution in [3.05, 3.63) is 99.6 Å². The summed E-state index contributed by atoms with van der Waals surface area (Å²) in [6.45, 7) is 0.384. The van der Waals surface area contributed by atoms with Crippen molar-refractivity contribution in [1.29, 1.82) is 0 Å². The molecule has 1 N–H and O–H groups in total. The molecule has 34 heavy (non-hydrogen) atoms. The van der Waals surface area contributed by atoms with Gasteiger partial charge in [-0.2, -0.15) is 0 Å². The summed E-state index contributed by atoms with van der Waals surface area (Å²) >= 11 is 0. The molecular formula is C26H24N2O6. The van der Waals surface area contributed by atoms with Crippen molar-refractivity contribution < 1.29 is 24.4 Å². The molecule has 1 aliphatic heterocycles. The Bertz CT molecular complexity index is 1240. The van der Waals surface area contributed by atoms with Crippen LogP contribution in [-0.4, -0.2) is 35.4 Å². The normalized spacial score (nSPS) is 16.9. The quantitative estimate of drug-likeness (QED) is 0.293. The first-order chi connectivity index (χ1) is 16.3. The molecule has 0 spiro atoms. The highest BCUT2D eigenvalue weighted by atomic mass is 16.6. The second-order valence-corrected chi connectivity index (χ2v) is 8.17. The molecule has 1 atom stereocenters. The first kappa shape index (κ1) is 23.1. The Morgan fingerprint density at radius 3 is 2.50 bits per heavy atom. The van der Waals surface area contributed by atoms with E-state index in [0.29, 0.717) is 24.2 Å². The fraction of sp³-hybridized carbons (Fsp3) is 0.231. The van der Waals surface area contributed by atoms with Gasteiger partial charge in [0.15, 0.2) is 17.1 Å². The van der Waals surface area contributed by atoms with E-state index >= 15 is 0 Å². The van der Waals surface area contributed by atoms with Gasteiger partial charge < -0.3 is 14.7 Å². The lowest BCUT2D eigenvalue weighted by Gasteiger charge is -2.23. The predicted molar refractivity (Wildman–Crippen MR) is 126 cm³/mol. The predicted octanol–water partition coefficient (Wildman–Crippen LogP) is 4.04. The topological polar surface area (TPSA) is 110 Å². The molecule has 3 aromatic carbocycles. The molecule has 8 heteroatoms. The molecule has 0 aromatic heterocycles. The molecule has 0 radical (unpaired) electrons. The maximum atomic E-state index is 13.4. The van der Waals surface area contributed by atoms with Gasteiger partial charge >= 0.3 is 5.69 Å². The largest absolute Gasteiger partial charge is 0.490 e. The maximum absolute atomic E-state index is 13.4. The van der Waals surface area contributed by atoms with Crippen LogP contribution in [0.2, 0.25) is 0 Å². The Hall–Kier alpha value is -4.04. The number of aliphatic hydroxyl groups is 1. The molecule has 1 heterocycles. The minimum Gasteiger partial charge on any atom is -0.490 e. The minimum absolute atomic E-state index is 0.0205. The Kier molecular flexibility index (Phi) is 6.43. The minimum atomic E-state index is -2.05. The number of carbonyl (C=O) groups excluding carboxylic acids is 2. The number of carbonyl (C=O) groups is 2. The van der Waals surface area contributed by atoms with Gasteiger partial charge in [0, 0.05) is 23.7 Å². The number of amides is 1. The molecule has 4 rings (SSSR count). The summed E-state index contributed by atoms with van der Waals surface area (Å²) in [6.07, 6.45) is 0.917. The van der Waals surface area contributed by atoms with Crippen molar-refractivity contribution in [3.63, 3.8) is 0 Å². The van der Waals surface area contributed by atoms with E-state index in [-0.39, 0.29) is 17.0 Å². The first-order valence-corrected chi connectivity index (χ1v) is 10.9. The summed E-state index contributed by atoms with van der Waals surface area (Å²) in [5.74, 6) is -1.13. The van der Waals surface area contributed by atoms with Crippen LogP contribution < -0.4 is 9.64 Å². The van der Waals surface area contributed by atoms with Gasteiger partial charge in [-0.05, 0) is 36.6 Å². The van der Waals surface area contributed by atoms with Crippen molar-refractivity contribution in [1.82, 2.24) is 0 Å². The Balaban J connectivity index is 1.57. The fourth-order valence-electron chi connectivity index (χ4n) is 4.33. The number of hydrogen-bond donors (Lipinski definition) is 1. The average Bonchev–Trinajstić information content (AvgIpc) is 3.06. The number of anilines is 1. The second-order valence-electron chi connectivity index (χ2n) is 8.17. The van der Waals surface area contributed by atoms with Crippen LogP contribution in [0.5, 0.6) is 5.75 Å². The molecule has 1 amide bonds. The van der Waals surface area contributed by atoms with Crippen molar-refractivity contribution in [2.75, 3.05) is 18.6 Å². The zero-order chi connectivity index (χ0) is 24.3. The molecule has 174 valence electrons. The third-order valence-corrected chi connectivity index (χ3v) is 6.04. The number of nitrogens with zero attached hydrogens (tertiary/aromatic N) is 2. The highest BCUT2D eigenvalue weighted by Gasteiger charge is 2.50. The Morgan fingerprint density at radius 2 is 1.79 bits per heavy atom. The van der Waals surface area contributed by atoms with E-state index in [0.717, 1.165) is 18.1 Å². The number of para-hydroxylation sites is 1. The van der Waals surface area contributed by atoms with Crippen LogP contribution in [-0.2, 0) is 16.8 Å². The first-order valence-electron chi connectivity index (χ1n) is 10.9. The van der Waals surface area contributed by atoms with Crippen LogP contribution in [0.3, 0.4) is 0 Å². The van der Waals surface area contributed by atoms with Crippen LogP contribution in [0.4, 0.5) is 11.4 Å². The molecule has 8 nitrogen and oxygen atoms in total. The van der Waals surface area contributed by atoms with Gasteiger partial charge in [0.2, 0.25) is 0 Å². The van der Waals surface area contributed by atoms with E-state index in [1.807, 2.05) is 30.3 Å². The average molecular weight is 460 g/mol. The summed E-state index contributed by atoms with van der Waals surface area (Å²) in [7, 11) is 1.30. The van der Waals surface area contributed by atoms with Crippen molar-refractivity contribution in [3.8, 4) is 5.75 Å². The molecule has 0 bridgehead atoms. The molecule has 0 saturated carbocycles. The lowest BCUT2D eigenvalue weighted by molar-refractivity contribution is -0.385. The van der Waals surface area contributed by atoms with E-state index in [2.05, 4.69) is 0 Å². The number of Topliss-reactive ketones (excluding diaryl/α,β-unsaturated/α-hetero) is 1. The van der Waals surface area contributed by atoms with Gasteiger partial charge in [-0.3, -0.25) is 19.7 Å². The summed E-state index contributed by atoms with van der Waals surface area (Å²) in [5, 5.41) is 22.8. The van der Waals surface area contributed by atoms with Gasteiger partial charge in [0.1, 0.15) is 0 Å². The lowest BCUT2D eigenvalue weighted by atomic mass is 9.88. The highest BCUT2D eigenvalue weighted by Crippen LogP contribution is 2.43. The van der Waals surface area contributed by atoms with E-state index in [9.17, 15) is 24.8 Å².